The summed E-state index contributed by atoms with van der Waals surface area (Å²) in [5.41, 5.74) is 9.92. The fourth-order valence-electron chi connectivity index (χ4n) is 1.65. The number of nitrogens with one attached hydrogen (secondary N) is 1. The molecule has 0 aromatic heterocycles. The molecule has 0 amide bonds. The van der Waals surface area contributed by atoms with Crippen molar-refractivity contribution in [3.63, 3.8) is 0 Å². The average molecular weight is 178 g/mol. The van der Waals surface area contributed by atoms with E-state index in [2.05, 4.69) is 5.32 Å². The highest BCUT2D eigenvalue weighted by atomic mass is 16.5. The van der Waals surface area contributed by atoms with Gasteiger partial charge in [-0.25, -0.2) is 0 Å². The lowest BCUT2D eigenvalue weighted by Crippen LogP contribution is -2.20. The number of aryl methyl sites for hydroxylation is 1. The molecular formula is C10H14N2O. The van der Waals surface area contributed by atoms with E-state index in [1.54, 1.807) is 0 Å². The fraction of sp³-hybridized carbons (Fsp3) is 0.400. The van der Waals surface area contributed by atoms with E-state index in [0.717, 1.165) is 41.4 Å². The van der Waals surface area contributed by atoms with E-state index in [9.17, 15) is 0 Å². The van der Waals surface area contributed by atoms with Gasteiger partial charge >= 0.3 is 0 Å². The number of nitrogen functional groups attached to an aromatic ring is 1. The van der Waals surface area contributed by atoms with E-state index in [4.69, 9.17) is 10.5 Å². The Balaban J connectivity index is 2.63. The summed E-state index contributed by atoms with van der Waals surface area (Å²) in [4.78, 5) is 0. The van der Waals surface area contributed by atoms with Crippen LogP contribution in [0.15, 0.2) is 6.07 Å². The van der Waals surface area contributed by atoms with Crippen molar-refractivity contribution in [2.75, 3.05) is 24.2 Å². The molecule has 0 fully saturated rings. The third kappa shape index (κ3) is 1.20. The first-order valence-electron chi connectivity index (χ1n) is 4.46. The van der Waals surface area contributed by atoms with Gasteiger partial charge in [-0.3, -0.25) is 0 Å². The van der Waals surface area contributed by atoms with Gasteiger partial charge in [0, 0.05) is 12.2 Å². The van der Waals surface area contributed by atoms with Crippen LogP contribution >= 0.6 is 0 Å². The highest BCUT2D eigenvalue weighted by Crippen LogP contribution is 2.37. The zero-order chi connectivity index (χ0) is 9.42. The first kappa shape index (κ1) is 8.23. The molecule has 0 saturated carbocycles. The molecule has 1 heterocycles. The van der Waals surface area contributed by atoms with Crippen LogP contribution in [0.1, 0.15) is 11.1 Å². The van der Waals surface area contributed by atoms with Crippen molar-refractivity contribution in [1.82, 2.24) is 0 Å². The van der Waals surface area contributed by atoms with Crippen molar-refractivity contribution >= 4 is 11.4 Å². The maximum Gasteiger partial charge on any atom is 0.145 e. The normalized spacial score (nSPS) is 14.3. The molecule has 3 N–H and O–H groups in total. The van der Waals surface area contributed by atoms with Crippen LogP contribution in [0.4, 0.5) is 11.4 Å². The monoisotopic (exact) mass is 178 g/mol. The molecule has 0 bridgehead atoms. The smallest absolute Gasteiger partial charge is 0.145 e. The first-order valence-corrected chi connectivity index (χ1v) is 4.46. The van der Waals surface area contributed by atoms with Crippen LogP contribution in [-0.2, 0) is 0 Å². The molecule has 3 nitrogen and oxygen atoms in total. The molecule has 0 atom stereocenters. The van der Waals surface area contributed by atoms with Crippen LogP contribution < -0.4 is 15.8 Å². The number of hydrogen-bond donors (Lipinski definition) is 2. The predicted molar refractivity (Wildman–Crippen MR) is 54.3 cm³/mol. The van der Waals surface area contributed by atoms with Crippen LogP contribution in [0.2, 0.25) is 0 Å². The Morgan fingerprint density at radius 1 is 1.46 bits per heavy atom. The number of rotatable bonds is 0. The predicted octanol–water partition coefficient (Wildman–Crippen LogP) is 1.69. The van der Waals surface area contributed by atoms with Crippen molar-refractivity contribution in [3.8, 4) is 5.75 Å². The number of benzene rings is 1. The number of ether oxygens (including phenoxy) is 1. The molecule has 3 heteroatoms. The van der Waals surface area contributed by atoms with Gasteiger partial charge in [-0.1, -0.05) is 0 Å². The van der Waals surface area contributed by atoms with Crippen LogP contribution in [0.3, 0.4) is 0 Å². The van der Waals surface area contributed by atoms with Gasteiger partial charge in [0.15, 0.2) is 0 Å². The minimum absolute atomic E-state index is 0.733. The zero-order valence-electron chi connectivity index (χ0n) is 7.98. The van der Waals surface area contributed by atoms with E-state index >= 15 is 0 Å². The standard InChI is InChI=1S/C10H14N2O/c1-6-5-8(11)7(2)9-10(6)13-4-3-12-9/h5,12H,3-4,11H2,1-2H3. The van der Waals surface area contributed by atoms with Crippen molar-refractivity contribution in [2.45, 2.75) is 13.8 Å². The second kappa shape index (κ2) is 2.83. The molecular weight excluding hydrogens is 164 g/mol. The summed E-state index contributed by atoms with van der Waals surface area (Å²) in [5.74, 6) is 0.956. The molecule has 2 rings (SSSR count). The summed E-state index contributed by atoms with van der Waals surface area (Å²) >= 11 is 0. The van der Waals surface area contributed by atoms with Gasteiger partial charge in [-0.15, -0.1) is 0 Å². The Labute approximate surface area is 77.9 Å². The average Bonchev–Trinajstić information content (AvgIpc) is 2.15. The van der Waals surface area contributed by atoms with Crippen molar-refractivity contribution in [3.05, 3.63) is 17.2 Å². The SMILES string of the molecule is Cc1cc(N)c(C)c2c1OCCN2. The quantitative estimate of drug-likeness (QED) is 0.594. The second-order valence-electron chi connectivity index (χ2n) is 3.39. The third-order valence-electron chi connectivity index (χ3n) is 2.42. The summed E-state index contributed by atoms with van der Waals surface area (Å²) in [7, 11) is 0. The van der Waals surface area contributed by atoms with Crippen molar-refractivity contribution < 1.29 is 4.74 Å². The number of nitrogens with two attached hydrogens (primary N) is 1. The number of fused-ring (bicyclic) bond motifs is 1. The maximum absolute atomic E-state index is 5.85. The van der Waals surface area contributed by atoms with Gasteiger partial charge in [0.25, 0.3) is 0 Å². The van der Waals surface area contributed by atoms with Crippen LogP contribution in [0.5, 0.6) is 5.75 Å². The maximum atomic E-state index is 5.85. The Morgan fingerprint density at radius 2 is 2.23 bits per heavy atom. The summed E-state index contributed by atoms with van der Waals surface area (Å²) in [6, 6.07) is 1.96. The molecule has 0 unspecified atom stereocenters. The molecule has 1 aromatic carbocycles. The molecule has 1 aliphatic rings. The minimum atomic E-state index is 0.733. The van der Waals surface area contributed by atoms with Crippen LogP contribution in [-0.4, -0.2) is 13.2 Å². The molecule has 0 aliphatic carbocycles. The molecule has 0 spiro atoms. The highest BCUT2D eigenvalue weighted by Gasteiger charge is 2.16. The Hall–Kier alpha value is -1.38. The van der Waals surface area contributed by atoms with Gasteiger partial charge in [0.2, 0.25) is 0 Å². The van der Waals surface area contributed by atoms with Gasteiger partial charge in [0.05, 0.1) is 5.69 Å². The lowest BCUT2D eigenvalue weighted by Gasteiger charge is -2.23. The van der Waals surface area contributed by atoms with Gasteiger partial charge in [-0.2, -0.15) is 0 Å². The summed E-state index contributed by atoms with van der Waals surface area (Å²) in [6.45, 7) is 5.62. The Kier molecular flexibility index (Phi) is 1.79. The molecule has 1 aliphatic heterocycles. The topological polar surface area (TPSA) is 47.3 Å². The largest absolute Gasteiger partial charge is 0.489 e. The minimum Gasteiger partial charge on any atom is -0.489 e. The van der Waals surface area contributed by atoms with E-state index in [-0.39, 0.29) is 0 Å². The Bertz CT molecular complexity index is 347. The summed E-state index contributed by atoms with van der Waals surface area (Å²) in [5, 5.41) is 3.31. The molecule has 1 aromatic rings. The highest BCUT2D eigenvalue weighted by molar-refractivity contribution is 5.73. The molecule has 13 heavy (non-hydrogen) atoms. The second-order valence-corrected chi connectivity index (χ2v) is 3.39. The summed E-state index contributed by atoms with van der Waals surface area (Å²) in [6.07, 6.45) is 0. The summed E-state index contributed by atoms with van der Waals surface area (Å²) < 4.78 is 5.57. The number of hydrogen-bond acceptors (Lipinski definition) is 3. The van der Waals surface area contributed by atoms with E-state index in [1.165, 1.54) is 0 Å². The van der Waals surface area contributed by atoms with Crippen LogP contribution in [0.25, 0.3) is 0 Å². The van der Waals surface area contributed by atoms with Gasteiger partial charge in [0.1, 0.15) is 12.4 Å². The van der Waals surface area contributed by atoms with E-state index in [1.807, 2.05) is 19.9 Å². The van der Waals surface area contributed by atoms with Crippen molar-refractivity contribution in [2.24, 2.45) is 0 Å². The van der Waals surface area contributed by atoms with Crippen molar-refractivity contribution in [1.29, 1.82) is 0 Å². The lowest BCUT2D eigenvalue weighted by atomic mass is 10.1. The first-order chi connectivity index (χ1) is 6.20. The van der Waals surface area contributed by atoms with Gasteiger partial charge < -0.3 is 15.8 Å². The fourth-order valence-corrected chi connectivity index (χ4v) is 1.65. The zero-order valence-corrected chi connectivity index (χ0v) is 7.98. The third-order valence-corrected chi connectivity index (χ3v) is 2.42. The molecule has 0 radical (unpaired) electrons. The number of anilines is 2. The van der Waals surface area contributed by atoms with E-state index < -0.39 is 0 Å². The van der Waals surface area contributed by atoms with E-state index in [0.29, 0.717) is 0 Å². The lowest BCUT2D eigenvalue weighted by molar-refractivity contribution is 0.321. The Morgan fingerprint density at radius 3 is 3.00 bits per heavy atom. The molecule has 70 valence electrons. The van der Waals surface area contributed by atoms with Gasteiger partial charge in [-0.05, 0) is 31.0 Å². The molecule has 0 saturated heterocycles. The van der Waals surface area contributed by atoms with Crippen LogP contribution in [0, 0.1) is 13.8 Å².